The second-order valence-electron chi connectivity index (χ2n) is 5.16. The number of aromatic hydroxyl groups is 1. The maximum atomic E-state index is 9.78. The first kappa shape index (κ1) is 18.9. The van der Waals surface area contributed by atoms with Crippen molar-refractivity contribution in [3.63, 3.8) is 0 Å². The zero-order valence-electron chi connectivity index (χ0n) is 13.4. The van der Waals surface area contributed by atoms with Gasteiger partial charge in [-0.2, -0.15) is 0 Å². The highest BCUT2D eigenvalue weighted by Gasteiger charge is 2.11. The fourth-order valence-corrected chi connectivity index (χ4v) is 3.56. The van der Waals surface area contributed by atoms with Crippen LogP contribution in [0, 0.1) is 0 Å². The van der Waals surface area contributed by atoms with Gasteiger partial charge in [0.05, 0.1) is 22.3 Å². The van der Waals surface area contributed by atoms with E-state index in [9.17, 15) is 5.11 Å². The Morgan fingerprint density at radius 2 is 1.85 bits per heavy atom. The molecule has 0 aliphatic heterocycles. The third kappa shape index (κ3) is 4.25. The molecule has 0 amide bonds. The van der Waals surface area contributed by atoms with E-state index in [1.165, 1.54) is 0 Å². The number of benzene rings is 2. The van der Waals surface area contributed by atoms with Crippen LogP contribution in [0.25, 0.3) is 11.3 Å². The van der Waals surface area contributed by atoms with Gasteiger partial charge in [-0.1, -0.05) is 16.7 Å². The molecule has 0 spiro atoms. The van der Waals surface area contributed by atoms with Crippen LogP contribution in [0.1, 0.15) is 5.56 Å². The van der Waals surface area contributed by atoms with Crippen LogP contribution >= 0.6 is 43.5 Å². The number of ether oxygens (including phenoxy) is 2. The zero-order chi connectivity index (χ0) is 18.7. The largest absolute Gasteiger partial charge is 0.506 e. The van der Waals surface area contributed by atoms with E-state index in [-0.39, 0.29) is 18.4 Å². The molecule has 0 aliphatic carbocycles. The number of hydrogen-bond donors (Lipinski definition) is 1. The average molecular weight is 502 g/mol. The molecule has 0 saturated heterocycles. The monoisotopic (exact) mass is 499 g/mol. The van der Waals surface area contributed by atoms with Crippen molar-refractivity contribution in [3.8, 4) is 28.8 Å². The van der Waals surface area contributed by atoms with Crippen LogP contribution in [0.5, 0.6) is 17.5 Å². The number of phenolic OH excluding ortho intramolecular Hbond substituents is 1. The van der Waals surface area contributed by atoms with E-state index >= 15 is 0 Å². The highest BCUT2D eigenvalue weighted by molar-refractivity contribution is 9.11. The molecule has 0 unspecified atom stereocenters. The molecule has 134 valence electrons. The first-order valence-corrected chi connectivity index (χ1v) is 9.27. The minimum absolute atomic E-state index is 0.116. The SMILES string of the molecule is COc1ccc(Cl)cc1COc1ncc(-c2cc(Br)c(O)c(Br)c2)nn1. The van der Waals surface area contributed by atoms with E-state index in [0.29, 0.717) is 25.4 Å². The summed E-state index contributed by atoms with van der Waals surface area (Å²) in [4.78, 5) is 4.17. The quantitative estimate of drug-likeness (QED) is 0.530. The molecule has 1 N–H and O–H groups in total. The maximum Gasteiger partial charge on any atom is 0.336 e. The molecule has 2 aromatic carbocycles. The van der Waals surface area contributed by atoms with E-state index in [2.05, 4.69) is 47.0 Å². The first-order chi connectivity index (χ1) is 12.5. The lowest BCUT2D eigenvalue weighted by molar-refractivity contribution is 0.270. The summed E-state index contributed by atoms with van der Waals surface area (Å²) in [6.07, 6.45) is 1.54. The summed E-state index contributed by atoms with van der Waals surface area (Å²) < 4.78 is 11.9. The molecule has 26 heavy (non-hydrogen) atoms. The molecule has 3 aromatic rings. The zero-order valence-corrected chi connectivity index (χ0v) is 17.3. The lowest BCUT2D eigenvalue weighted by Gasteiger charge is -2.09. The number of halogens is 3. The lowest BCUT2D eigenvalue weighted by Crippen LogP contribution is -2.03. The molecule has 0 saturated carbocycles. The van der Waals surface area contributed by atoms with Gasteiger partial charge in [-0.05, 0) is 62.2 Å². The summed E-state index contributed by atoms with van der Waals surface area (Å²) in [6.45, 7) is 0.196. The Kier molecular flexibility index (Phi) is 5.95. The van der Waals surface area contributed by atoms with E-state index in [1.54, 1.807) is 43.6 Å². The van der Waals surface area contributed by atoms with Gasteiger partial charge in [0.1, 0.15) is 23.8 Å². The van der Waals surface area contributed by atoms with Gasteiger partial charge >= 0.3 is 6.01 Å². The van der Waals surface area contributed by atoms with E-state index in [1.807, 2.05) is 0 Å². The van der Waals surface area contributed by atoms with Crippen molar-refractivity contribution in [2.24, 2.45) is 0 Å². The van der Waals surface area contributed by atoms with Crippen molar-refractivity contribution in [1.29, 1.82) is 0 Å². The Bertz CT molecular complexity index is 916. The summed E-state index contributed by atoms with van der Waals surface area (Å²) in [5.41, 5.74) is 2.06. The number of hydrogen-bond acceptors (Lipinski definition) is 6. The van der Waals surface area contributed by atoms with E-state index in [4.69, 9.17) is 21.1 Å². The fraction of sp³-hybridized carbons (Fsp3) is 0.118. The van der Waals surface area contributed by atoms with Crippen LogP contribution in [0.15, 0.2) is 45.5 Å². The molecular formula is C17H12Br2ClN3O3. The van der Waals surface area contributed by atoms with Crippen molar-refractivity contribution in [3.05, 3.63) is 56.1 Å². The molecule has 0 atom stereocenters. The third-order valence-corrected chi connectivity index (χ3v) is 4.90. The predicted octanol–water partition coefficient (Wildman–Crippen LogP) is 5.01. The molecular weight excluding hydrogens is 489 g/mol. The van der Waals surface area contributed by atoms with E-state index < -0.39 is 0 Å². The van der Waals surface area contributed by atoms with Gasteiger partial charge in [-0.3, -0.25) is 0 Å². The Morgan fingerprint density at radius 3 is 2.46 bits per heavy atom. The second kappa shape index (κ2) is 8.20. The highest BCUT2D eigenvalue weighted by Crippen LogP contribution is 2.36. The van der Waals surface area contributed by atoms with Gasteiger partial charge in [-0.25, -0.2) is 4.98 Å². The molecule has 0 bridgehead atoms. The number of phenols is 1. The summed E-state index contributed by atoms with van der Waals surface area (Å²) in [6, 6.07) is 8.85. The average Bonchev–Trinajstić information content (AvgIpc) is 2.64. The topological polar surface area (TPSA) is 77.4 Å². The van der Waals surface area contributed by atoms with Crippen molar-refractivity contribution in [2.75, 3.05) is 7.11 Å². The van der Waals surface area contributed by atoms with Crippen LogP contribution in [0.3, 0.4) is 0 Å². The minimum Gasteiger partial charge on any atom is -0.506 e. The standard InChI is InChI=1S/C17H12Br2ClN3O3/c1-25-15-3-2-11(20)4-10(15)8-26-17-21-7-14(22-23-17)9-5-12(18)16(24)13(19)6-9/h2-7,24H,8H2,1H3. The maximum absolute atomic E-state index is 9.78. The number of methoxy groups -OCH3 is 1. The van der Waals surface area contributed by atoms with Gasteiger partial charge < -0.3 is 14.6 Å². The molecule has 1 heterocycles. The summed E-state index contributed by atoms with van der Waals surface area (Å²) in [5, 5.41) is 18.5. The fourth-order valence-electron chi connectivity index (χ4n) is 2.18. The van der Waals surface area contributed by atoms with Gasteiger partial charge in [0.15, 0.2) is 0 Å². The van der Waals surface area contributed by atoms with Crippen molar-refractivity contribution < 1.29 is 14.6 Å². The molecule has 1 aromatic heterocycles. The van der Waals surface area contributed by atoms with Crippen molar-refractivity contribution in [1.82, 2.24) is 15.2 Å². The normalized spacial score (nSPS) is 10.6. The molecule has 0 fully saturated rings. The van der Waals surface area contributed by atoms with Crippen LogP contribution in [0.2, 0.25) is 5.02 Å². The second-order valence-corrected chi connectivity index (χ2v) is 7.30. The lowest BCUT2D eigenvalue weighted by atomic mass is 10.1. The van der Waals surface area contributed by atoms with Gasteiger partial charge in [0.2, 0.25) is 0 Å². The smallest absolute Gasteiger partial charge is 0.336 e. The number of rotatable bonds is 5. The van der Waals surface area contributed by atoms with Gasteiger partial charge in [-0.15, -0.1) is 5.10 Å². The Hall–Kier alpha value is -1.90. The molecule has 6 nitrogen and oxygen atoms in total. The number of aromatic nitrogens is 3. The van der Waals surface area contributed by atoms with E-state index in [0.717, 1.165) is 11.1 Å². The van der Waals surface area contributed by atoms with Crippen LogP contribution in [-0.2, 0) is 6.61 Å². The van der Waals surface area contributed by atoms with Crippen molar-refractivity contribution >= 4 is 43.5 Å². The summed E-state index contributed by atoms with van der Waals surface area (Å²) >= 11 is 12.6. The molecule has 0 radical (unpaired) electrons. The Morgan fingerprint density at radius 1 is 1.12 bits per heavy atom. The minimum atomic E-state index is 0.116. The molecule has 9 heteroatoms. The first-order valence-electron chi connectivity index (χ1n) is 7.31. The van der Waals surface area contributed by atoms with Crippen molar-refractivity contribution in [2.45, 2.75) is 6.61 Å². The molecule has 3 rings (SSSR count). The number of nitrogens with zero attached hydrogens (tertiary/aromatic N) is 3. The Balaban J connectivity index is 1.75. The third-order valence-electron chi connectivity index (χ3n) is 3.45. The summed E-state index contributed by atoms with van der Waals surface area (Å²) in [5.74, 6) is 0.780. The van der Waals surface area contributed by atoms with Crippen LogP contribution in [-0.4, -0.2) is 27.4 Å². The molecule has 0 aliphatic rings. The van der Waals surface area contributed by atoms with Gasteiger partial charge in [0.25, 0.3) is 0 Å². The van der Waals surface area contributed by atoms with Gasteiger partial charge in [0, 0.05) is 16.1 Å². The van der Waals surface area contributed by atoms with Crippen LogP contribution in [0.4, 0.5) is 0 Å². The highest BCUT2D eigenvalue weighted by atomic mass is 79.9. The van der Waals surface area contributed by atoms with Crippen LogP contribution < -0.4 is 9.47 Å². The summed E-state index contributed by atoms with van der Waals surface area (Å²) in [7, 11) is 1.58. The Labute approximate surface area is 171 Å². The predicted molar refractivity (Wildman–Crippen MR) is 105 cm³/mol.